The Labute approximate surface area is 167 Å². The molecule has 6 atom stereocenters. The summed E-state index contributed by atoms with van der Waals surface area (Å²) in [6.07, 6.45) is 10.7. The van der Waals surface area contributed by atoms with Crippen molar-refractivity contribution in [2.45, 2.75) is 72.1 Å². The molecule has 0 aromatic heterocycles. The molecule has 0 radical (unpaired) electrons. The third kappa shape index (κ3) is 3.02. The monoisotopic (exact) mass is 387 g/mol. The third-order valence-electron chi connectivity index (χ3n) is 8.86. The minimum absolute atomic E-state index is 0.212. The number of fused-ring (bicyclic) bond motifs is 5. The van der Waals surface area contributed by atoms with E-state index in [1.807, 2.05) is 13.0 Å². The minimum atomic E-state index is -0.988. The van der Waals surface area contributed by atoms with Gasteiger partial charge in [-0.25, -0.2) is 4.79 Å². The Morgan fingerprint density at radius 1 is 1.18 bits per heavy atom. The molecule has 28 heavy (non-hydrogen) atoms. The van der Waals surface area contributed by atoms with E-state index in [1.54, 1.807) is 0 Å². The Morgan fingerprint density at radius 3 is 2.71 bits per heavy atom. The van der Waals surface area contributed by atoms with E-state index in [-0.39, 0.29) is 17.4 Å². The molecule has 154 valence electrons. The van der Waals surface area contributed by atoms with Gasteiger partial charge in [0.2, 0.25) is 6.61 Å². The summed E-state index contributed by atoms with van der Waals surface area (Å²) in [5, 5.41) is 12.9. The highest BCUT2D eigenvalue weighted by atomic mass is 16.6. The second kappa shape index (κ2) is 7.00. The van der Waals surface area contributed by atoms with Crippen molar-refractivity contribution in [2.24, 2.45) is 39.7 Å². The van der Waals surface area contributed by atoms with E-state index < -0.39 is 5.97 Å². The molecule has 1 N–H and O–H groups in total. The van der Waals surface area contributed by atoms with Crippen LogP contribution in [0.25, 0.3) is 0 Å². The number of carbonyl (C=O) groups is 2. The summed E-state index contributed by atoms with van der Waals surface area (Å²) in [6.45, 7) is 6.48. The lowest BCUT2D eigenvalue weighted by molar-refractivity contribution is -0.142. The smallest absolute Gasteiger partial charge is 0.344 e. The first kappa shape index (κ1) is 19.7. The van der Waals surface area contributed by atoms with Crippen LogP contribution in [0.5, 0.6) is 0 Å². The van der Waals surface area contributed by atoms with Gasteiger partial charge in [0.25, 0.3) is 0 Å². The Balaban J connectivity index is 1.55. The van der Waals surface area contributed by atoms with Crippen LogP contribution in [-0.4, -0.2) is 29.2 Å². The molecule has 3 fully saturated rings. The fourth-order valence-corrected chi connectivity index (χ4v) is 7.50. The van der Waals surface area contributed by atoms with Crippen LogP contribution in [0.15, 0.2) is 16.8 Å². The second-order valence-electron chi connectivity index (χ2n) is 10.0. The first-order chi connectivity index (χ1) is 13.3. The number of carboxylic acids is 1. The number of carbonyl (C=O) groups excluding carboxylic acids is 1. The number of carboxylic acid groups (broad SMARTS) is 1. The number of oxime groups is 1. The van der Waals surface area contributed by atoms with Crippen LogP contribution in [0.2, 0.25) is 0 Å². The number of ketones is 1. The SMILES string of the molecule is CC(=NOCC(=O)O)[C@H]1CC[C@H]2[C@@H]3CCC4=CC(=O)CC[C@]4(C)[C@H]3CC[C@]12C. The van der Waals surface area contributed by atoms with Gasteiger partial charge in [0.05, 0.1) is 5.71 Å². The molecule has 4 aliphatic rings. The molecule has 0 amide bonds. The van der Waals surface area contributed by atoms with E-state index in [4.69, 9.17) is 9.94 Å². The quantitative estimate of drug-likeness (QED) is 0.564. The molecule has 0 aliphatic heterocycles. The fourth-order valence-electron chi connectivity index (χ4n) is 7.50. The molecule has 0 aromatic carbocycles. The van der Waals surface area contributed by atoms with Crippen molar-refractivity contribution in [3.63, 3.8) is 0 Å². The highest BCUT2D eigenvalue weighted by Gasteiger charge is 2.59. The third-order valence-corrected chi connectivity index (χ3v) is 8.86. The lowest BCUT2D eigenvalue weighted by atomic mass is 9.46. The molecule has 0 bridgehead atoms. The fraction of sp³-hybridized carbons (Fsp3) is 0.783. The maximum Gasteiger partial charge on any atom is 0.344 e. The van der Waals surface area contributed by atoms with Gasteiger partial charge in [-0.15, -0.1) is 0 Å². The predicted molar refractivity (Wildman–Crippen MR) is 107 cm³/mol. The molecular formula is C23H33NO4. The van der Waals surface area contributed by atoms with Gasteiger partial charge in [-0.05, 0) is 86.5 Å². The predicted octanol–water partition coefficient (Wildman–Crippen LogP) is 4.61. The van der Waals surface area contributed by atoms with Crippen LogP contribution in [0.3, 0.4) is 0 Å². The number of nitrogens with zero attached hydrogens (tertiary/aromatic N) is 1. The number of aliphatic carboxylic acids is 1. The summed E-state index contributed by atoms with van der Waals surface area (Å²) < 4.78 is 0. The Morgan fingerprint density at radius 2 is 1.96 bits per heavy atom. The van der Waals surface area contributed by atoms with Crippen LogP contribution in [0, 0.1) is 34.5 Å². The van der Waals surface area contributed by atoms with Crippen LogP contribution >= 0.6 is 0 Å². The van der Waals surface area contributed by atoms with Crippen molar-refractivity contribution < 1.29 is 19.5 Å². The van der Waals surface area contributed by atoms with Crippen molar-refractivity contribution in [1.82, 2.24) is 0 Å². The zero-order valence-electron chi connectivity index (χ0n) is 17.4. The zero-order valence-corrected chi connectivity index (χ0v) is 17.4. The summed E-state index contributed by atoms with van der Waals surface area (Å²) >= 11 is 0. The van der Waals surface area contributed by atoms with E-state index >= 15 is 0 Å². The first-order valence-electron chi connectivity index (χ1n) is 10.9. The lowest BCUT2D eigenvalue weighted by Gasteiger charge is -2.58. The van der Waals surface area contributed by atoms with Crippen LogP contribution in [0.4, 0.5) is 0 Å². The summed E-state index contributed by atoms with van der Waals surface area (Å²) in [7, 11) is 0. The maximum atomic E-state index is 12.0. The number of hydrogen-bond donors (Lipinski definition) is 1. The van der Waals surface area contributed by atoms with E-state index in [0.29, 0.717) is 30.0 Å². The highest BCUT2D eigenvalue weighted by molar-refractivity contribution is 5.91. The Bertz CT molecular complexity index is 741. The summed E-state index contributed by atoms with van der Waals surface area (Å²) in [6, 6.07) is 0. The largest absolute Gasteiger partial charge is 0.479 e. The molecular weight excluding hydrogens is 354 g/mol. The van der Waals surface area contributed by atoms with E-state index in [2.05, 4.69) is 19.0 Å². The van der Waals surface area contributed by atoms with Crippen molar-refractivity contribution in [2.75, 3.05) is 6.61 Å². The molecule has 4 rings (SSSR count). The molecule has 0 saturated heterocycles. The van der Waals surface area contributed by atoms with Gasteiger partial charge in [-0.3, -0.25) is 4.79 Å². The van der Waals surface area contributed by atoms with Crippen molar-refractivity contribution in [3.8, 4) is 0 Å². The average molecular weight is 388 g/mol. The molecule has 5 heteroatoms. The molecule has 4 aliphatic carbocycles. The van der Waals surface area contributed by atoms with Gasteiger partial charge in [-0.1, -0.05) is 24.6 Å². The zero-order chi connectivity index (χ0) is 20.1. The Hall–Kier alpha value is -1.65. The molecule has 3 saturated carbocycles. The maximum absolute atomic E-state index is 12.0. The highest BCUT2D eigenvalue weighted by Crippen LogP contribution is 2.66. The molecule has 5 nitrogen and oxygen atoms in total. The number of hydrogen-bond acceptors (Lipinski definition) is 4. The van der Waals surface area contributed by atoms with Crippen LogP contribution < -0.4 is 0 Å². The van der Waals surface area contributed by atoms with Gasteiger partial charge in [-0.2, -0.15) is 0 Å². The van der Waals surface area contributed by atoms with Gasteiger partial charge < -0.3 is 9.94 Å². The van der Waals surface area contributed by atoms with E-state index in [9.17, 15) is 9.59 Å². The summed E-state index contributed by atoms with van der Waals surface area (Å²) in [5.74, 6) is 1.82. The normalized spacial score (nSPS) is 42.9. The molecule has 0 unspecified atom stereocenters. The number of rotatable bonds is 4. The lowest BCUT2D eigenvalue weighted by Crippen LogP contribution is -2.51. The van der Waals surface area contributed by atoms with Crippen molar-refractivity contribution in [1.29, 1.82) is 0 Å². The minimum Gasteiger partial charge on any atom is -0.479 e. The van der Waals surface area contributed by atoms with E-state index in [1.165, 1.54) is 31.3 Å². The van der Waals surface area contributed by atoms with Crippen LogP contribution in [0.1, 0.15) is 72.1 Å². The van der Waals surface area contributed by atoms with Gasteiger partial charge in [0.1, 0.15) is 0 Å². The molecule has 0 heterocycles. The summed E-state index contributed by atoms with van der Waals surface area (Å²) in [5.41, 5.74) is 2.81. The Kier molecular flexibility index (Phi) is 4.91. The van der Waals surface area contributed by atoms with Gasteiger partial charge in [0.15, 0.2) is 5.78 Å². The van der Waals surface area contributed by atoms with Gasteiger partial charge in [0, 0.05) is 12.3 Å². The average Bonchev–Trinajstić information content (AvgIpc) is 2.99. The van der Waals surface area contributed by atoms with Crippen LogP contribution in [-0.2, 0) is 14.4 Å². The summed E-state index contributed by atoms with van der Waals surface area (Å²) in [4.78, 5) is 27.7. The molecule has 0 spiro atoms. The van der Waals surface area contributed by atoms with Crippen molar-refractivity contribution in [3.05, 3.63) is 11.6 Å². The standard InChI is InChI=1S/C23H33NO4/c1-14(24-28-13-21(26)27)18-6-7-19-17-5-4-15-12-16(25)8-10-22(15,2)20(17)9-11-23(18,19)3/h12,17-20H,4-11,13H2,1-3H3,(H,26,27)/t17-,18+,19-,20-,22-,23+/m0/s1. The molecule has 0 aromatic rings. The number of allylic oxidation sites excluding steroid dienone is 1. The van der Waals surface area contributed by atoms with Gasteiger partial charge >= 0.3 is 5.97 Å². The second-order valence-corrected chi connectivity index (χ2v) is 10.0. The van der Waals surface area contributed by atoms with Crippen molar-refractivity contribution >= 4 is 17.5 Å². The first-order valence-corrected chi connectivity index (χ1v) is 10.9. The van der Waals surface area contributed by atoms with E-state index in [0.717, 1.165) is 30.9 Å². The topological polar surface area (TPSA) is 76.0 Å².